The zero-order valence-corrected chi connectivity index (χ0v) is 18.8. The number of rotatable bonds is 6. The Morgan fingerprint density at radius 1 is 1.10 bits per heavy atom. The van der Waals surface area contributed by atoms with Gasteiger partial charge in [-0.05, 0) is 55.3 Å². The lowest BCUT2D eigenvalue weighted by atomic mass is 9.98. The van der Waals surface area contributed by atoms with Crippen molar-refractivity contribution in [2.24, 2.45) is 5.92 Å². The van der Waals surface area contributed by atoms with Gasteiger partial charge in [-0.25, -0.2) is 8.42 Å². The van der Waals surface area contributed by atoms with Gasteiger partial charge in [0.1, 0.15) is 5.75 Å². The van der Waals surface area contributed by atoms with Gasteiger partial charge in [0.25, 0.3) is 0 Å². The molecule has 2 amide bonds. The van der Waals surface area contributed by atoms with E-state index in [2.05, 4.69) is 10.6 Å². The minimum atomic E-state index is -3.79. The van der Waals surface area contributed by atoms with E-state index in [9.17, 15) is 18.0 Å². The van der Waals surface area contributed by atoms with E-state index in [1.54, 1.807) is 24.3 Å². The summed E-state index contributed by atoms with van der Waals surface area (Å²) in [6, 6.07) is 11.0. The van der Waals surface area contributed by atoms with E-state index in [0.717, 1.165) is 0 Å². The van der Waals surface area contributed by atoms with E-state index in [0.29, 0.717) is 36.5 Å². The minimum absolute atomic E-state index is 0.0629. The fraction of sp³-hybridized carbons (Fsp3) is 0.333. The molecule has 0 saturated carbocycles. The highest BCUT2D eigenvalue weighted by atomic mass is 35.5. The molecule has 2 aromatic carbocycles. The van der Waals surface area contributed by atoms with Crippen molar-refractivity contribution in [2.45, 2.75) is 24.7 Å². The first-order chi connectivity index (χ1) is 14.7. The molecule has 3 rings (SSSR count). The quantitative estimate of drug-likeness (QED) is 0.680. The molecule has 0 aromatic heterocycles. The average Bonchev–Trinajstić information content (AvgIpc) is 2.74. The number of hydrogen-bond donors (Lipinski definition) is 2. The molecule has 1 aliphatic rings. The Balaban J connectivity index is 1.68. The number of nitrogens with zero attached hydrogens (tertiary/aromatic N) is 1. The average molecular weight is 466 g/mol. The monoisotopic (exact) mass is 465 g/mol. The van der Waals surface area contributed by atoms with E-state index >= 15 is 0 Å². The van der Waals surface area contributed by atoms with Crippen LogP contribution in [-0.2, 0) is 19.6 Å². The van der Waals surface area contributed by atoms with Crippen molar-refractivity contribution in [3.63, 3.8) is 0 Å². The van der Waals surface area contributed by atoms with E-state index in [1.165, 1.54) is 36.5 Å². The third-order valence-electron chi connectivity index (χ3n) is 4.99. The summed E-state index contributed by atoms with van der Waals surface area (Å²) in [4.78, 5) is 23.9. The predicted molar refractivity (Wildman–Crippen MR) is 119 cm³/mol. The molecule has 166 valence electrons. The Morgan fingerprint density at radius 2 is 1.74 bits per heavy atom. The molecular weight excluding hydrogens is 442 g/mol. The Hall–Kier alpha value is -2.62. The van der Waals surface area contributed by atoms with Crippen molar-refractivity contribution in [1.29, 1.82) is 0 Å². The second kappa shape index (κ2) is 9.67. The molecule has 0 unspecified atom stereocenters. The van der Waals surface area contributed by atoms with Gasteiger partial charge < -0.3 is 15.4 Å². The number of amides is 2. The molecule has 0 aliphatic carbocycles. The van der Waals surface area contributed by atoms with Crippen molar-refractivity contribution < 1.29 is 22.7 Å². The number of hydrogen-bond acceptors (Lipinski definition) is 5. The summed E-state index contributed by atoms with van der Waals surface area (Å²) in [5, 5.41) is 5.68. The van der Waals surface area contributed by atoms with Gasteiger partial charge in [-0.2, -0.15) is 4.31 Å². The first-order valence-corrected chi connectivity index (χ1v) is 11.5. The number of nitrogens with one attached hydrogen (secondary N) is 2. The number of ether oxygens (including phenoxy) is 1. The zero-order valence-electron chi connectivity index (χ0n) is 17.2. The van der Waals surface area contributed by atoms with Crippen molar-refractivity contribution in [2.75, 3.05) is 30.8 Å². The number of anilines is 2. The highest BCUT2D eigenvalue weighted by Gasteiger charge is 2.33. The van der Waals surface area contributed by atoms with Gasteiger partial charge in [-0.3, -0.25) is 9.59 Å². The van der Waals surface area contributed by atoms with E-state index in [1.807, 2.05) is 0 Å². The lowest BCUT2D eigenvalue weighted by Gasteiger charge is -2.31. The second-order valence-corrected chi connectivity index (χ2v) is 9.59. The minimum Gasteiger partial charge on any atom is -0.495 e. The number of carbonyl (C=O) groups excluding carboxylic acids is 2. The molecule has 0 bridgehead atoms. The molecule has 1 atom stereocenters. The maximum Gasteiger partial charge on any atom is 0.243 e. The lowest BCUT2D eigenvalue weighted by molar-refractivity contribution is -0.121. The number of methoxy groups -OCH3 is 1. The molecule has 1 aliphatic heterocycles. The number of carbonyl (C=O) groups is 2. The molecule has 31 heavy (non-hydrogen) atoms. The van der Waals surface area contributed by atoms with Gasteiger partial charge in [0, 0.05) is 31.4 Å². The third-order valence-corrected chi connectivity index (χ3v) is 7.15. The van der Waals surface area contributed by atoms with Crippen LogP contribution in [-0.4, -0.2) is 44.7 Å². The number of benzene rings is 2. The van der Waals surface area contributed by atoms with E-state index in [4.69, 9.17) is 16.3 Å². The topological polar surface area (TPSA) is 105 Å². The molecule has 0 spiro atoms. The van der Waals surface area contributed by atoms with Crippen molar-refractivity contribution in [1.82, 2.24) is 4.31 Å². The van der Waals surface area contributed by atoms with Crippen LogP contribution in [0.4, 0.5) is 11.4 Å². The van der Waals surface area contributed by atoms with Crippen LogP contribution in [0.25, 0.3) is 0 Å². The summed E-state index contributed by atoms with van der Waals surface area (Å²) in [7, 11) is -2.34. The lowest BCUT2D eigenvalue weighted by Crippen LogP contribution is -2.43. The SMILES string of the molecule is COc1ccc(S(=O)(=O)N2CCC[C@H](C(=O)Nc3ccc(NC(C)=O)cc3)C2)cc1Cl. The Bertz CT molecular complexity index is 1070. The molecule has 2 N–H and O–H groups in total. The summed E-state index contributed by atoms with van der Waals surface area (Å²) < 4.78 is 32.5. The molecular formula is C21H24ClN3O5S. The molecule has 8 nitrogen and oxygen atoms in total. The van der Waals surface area contributed by atoms with Gasteiger partial charge in [0.05, 0.1) is 22.9 Å². The second-order valence-electron chi connectivity index (χ2n) is 7.25. The van der Waals surface area contributed by atoms with Crippen LogP contribution in [0.15, 0.2) is 47.4 Å². The Kier molecular flexibility index (Phi) is 7.19. The van der Waals surface area contributed by atoms with Gasteiger partial charge in [-0.1, -0.05) is 11.6 Å². The van der Waals surface area contributed by atoms with Crippen LogP contribution in [0.5, 0.6) is 5.75 Å². The van der Waals surface area contributed by atoms with Crippen LogP contribution in [0.1, 0.15) is 19.8 Å². The smallest absolute Gasteiger partial charge is 0.243 e. The van der Waals surface area contributed by atoms with Crippen LogP contribution in [0.2, 0.25) is 5.02 Å². The van der Waals surface area contributed by atoms with Crippen molar-refractivity contribution in [3.8, 4) is 5.75 Å². The van der Waals surface area contributed by atoms with Gasteiger partial charge in [0.15, 0.2) is 0 Å². The summed E-state index contributed by atoms with van der Waals surface area (Å²) in [5.74, 6) is -0.522. The third kappa shape index (κ3) is 5.55. The van der Waals surface area contributed by atoms with Crippen molar-refractivity contribution in [3.05, 3.63) is 47.5 Å². The Morgan fingerprint density at radius 3 is 2.32 bits per heavy atom. The largest absolute Gasteiger partial charge is 0.495 e. The van der Waals surface area contributed by atoms with Crippen LogP contribution in [0.3, 0.4) is 0 Å². The van der Waals surface area contributed by atoms with Crippen LogP contribution >= 0.6 is 11.6 Å². The summed E-state index contributed by atoms with van der Waals surface area (Å²) >= 11 is 6.09. The Labute approximate surface area is 186 Å². The summed E-state index contributed by atoms with van der Waals surface area (Å²) in [6.07, 6.45) is 1.16. The first-order valence-electron chi connectivity index (χ1n) is 9.73. The zero-order chi connectivity index (χ0) is 22.6. The van der Waals surface area contributed by atoms with Crippen molar-refractivity contribution >= 4 is 44.8 Å². The first kappa shape index (κ1) is 23.1. The predicted octanol–water partition coefficient (Wildman–Crippen LogP) is 3.35. The maximum atomic E-state index is 13.1. The molecule has 10 heteroatoms. The van der Waals surface area contributed by atoms with Gasteiger partial charge >= 0.3 is 0 Å². The summed E-state index contributed by atoms with van der Waals surface area (Å²) in [6.45, 7) is 1.83. The fourth-order valence-electron chi connectivity index (χ4n) is 3.42. The van der Waals surface area contributed by atoms with Gasteiger partial charge in [0.2, 0.25) is 21.8 Å². The maximum absolute atomic E-state index is 13.1. The fourth-order valence-corrected chi connectivity index (χ4v) is 5.29. The van der Waals surface area contributed by atoms with Crippen LogP contribution in [0, 0.1) is 5.92 Å². The standard InChI is InChI=1S/C21H24ClN3O5S/c1-14(26)23-16-5-7-17(8-6-16)24-21(27)15-4-3-11-25(13-15)31(28,29)18-9-10-20(30-2)19(22)12-18/h5-10,12,15H,3-4,11,13H2,1-2H3,(H,23,26)(H,24,27)/t15-/m0/s1. The molecule has 1 saturated heterocycles. The van der Waals surface area contributed by atoms with E-state index < -0.39 is 15.9 Å². The van der Waals surface area contributed by atoms with Gasteiger partial charge in [-0.15, -0.1) is 0 Å². The van der Waals surface area contributed by atoms with E-state index in [-0.39, 0.29) is 28.3 Å². The normalized spacial score (nSPS) is 17.1. The number of halogens is 1. The highest BCUT2D eigenvalue weighted by molar-refractivity contribution is 7.89. The molecule has 2 aromatic rings. The van der Waals surface area contributed by atoms with Crippen LogP contribution < -0.4 is 15.4 Å². The highest BCUT2D eigenvalue weighted by Crippen LogP contribution is 2.30. The molecule has 1 fully saturated rings. The number of piperidine rings is 1. The summed E-state index contributed by atoms with van der Waals surface area (Å²) in [5.41, 5.74) is 1.19. The molecule has 1 heterocycles. The molecule has 0 radical (unpaired) electrons. The number of sulfonamides is 1.